The van der Waals surface area contributed by atoms with Gasteiger partial charge in [0, 0.05) is 0 Å². The normalized spacial score (nSPS) is 15.2. The maximum Gasteiger partial charge on any atom is 0.369 e. The summed E-state index contributed by atoms with van der Waals surface area (Å²) in [7, 11) is 0. The molecule has 0 atom stereocenters. The molecular weight excluding hydrogens is 232 g/mol. The Bertz CT molecular complexity index is 314. The van der Waals surface area contributed by atoms with Crippen LogP contribution in [0, 0.1) is 5.41 Å². The van der Waals surface area contributed by atoms with Crippen molar-refractivity contribution in [1.29, 1.82) is 0 Å². The molecule has 1 rings (SSSR count). The molecule has 0 N–H and O–H groups in total. The molecule has 0 spiro atoms. The van der Waals surface area contributed by atoms with Crippen molar-refractivity contribution in [3.8, 4) is 0 Å². The Hall–Kier alpha value is -1.32. The highest BCUT2D eigenvalue weighted by atomic mass is 17.2. The second-order valence-corrected chi connectivity index (χ2v) is 4.76. The van der Waals surface area contributed by atoms with E-state index in [0.717, 1.165) is 38.5 Å². The van der Waals surface area contributed by atoms with Gasteiger partial charge >= 0.3 is 11.9 Å². The number of unbranched alkanes of at least 4 members (excludes halogenated alkanes) is 3. The van der Waals surface area contributed by atoms with Gasteiger partial charge in [0.25, 0.3) is 0 Å². The number of hydrogen-bond acceptors (Lipinski definition) is 4. The zero-order valence-electron chi connectivity index (χ0n) is 11.2. The van der Waals surface area contributed by atoms with Crippen molar-refractivity contribution in [2.24, 2.45) is 5.41 Å². The molecule has 102 valence electrons. The van der Waals surface area contributed by atoms with Gasteiger partial charge in [-0.3, -0.25) is 0 Å². The number of rotatable bonds is 8. The summed E-state index contributed by atoms with van der Waals surface area (Å²) in [4.78, 5) is 32.1. The minimum Gasteiger partial charge on any atom is -0.247 e. The summed E-state index contributed by atoms with van der Waals surface area (Å²) >= 11 is 0. The SMILES string of the molecule is CCCCCC(=O)OOC(=O)C1(CCCC)C=C1. The van der Waals surface area contributed by atoms with Gasteiger partial charge in [0.15, 0.2) is 0 Å². The monoisotopic (exact) mass is 254 g/mol. The van der Waals surface area contributed by atoms with Gasteiger partial charge in [-0.15, -0.1) is 0 Å². The maximum absolute atomic E-state index is 11.7. The van der Waals surface area contributed by atoms with Gasteiger partial charge in [0.05, 0.1) is 6.42 Å². The Kier molecular flexibility index (Phi) is 5.89. The fourth-order valence-electron chi connectivity index (χ4n) is 1.70. The van der Waals surface area contributed by atoms with Crippen LogP contribution in [0.5, 0.6) is 0 Å². The minimum absolute atomic E-state index is 0.302. The molecule has 0 unspecified atom stereocenters. The Morgan fingerprint density at radius 2 is 1.67 bits per heavy atom. The highest BCUT2D eigenvalue weighted by molar-refractivity contribution is 5.86. The van der Waals surface area contributed by atoms with Crippen LogP contribution in [0.1, 0.15) is 58.8 Å². The first kappa shape index (κ1) is 14.7. The number of carbonyl (C=O) groups is 2. The molecule has 0 saturated carbocycles. The first-order chi connectivity index (χ1) is 8.64. The van der Waals surface area contributed by atoms with Crippen LogP contribution in [0.25, 0.3) is 0 Å². The van der Waals surface area contributed by atoms with Gasteiger partial charge in [-0.1, -0.05) is 51.7 Å². The predicted molar refractivity (Wildman–Crippen MR) is 67.4 cm³/mol. The van der Waals surface area contributed by atoms with Crippen LogP contribution in [0.4, 0.5) is 0 Å². The Morgan fingerprint density at radius 1 is 1.00 bits per heavy atom. The first-order valence-corrected chi connectivity index (χ1v) is 6.77. The van der Waals surface area contributed by atoms with Crippen LogP contribution in [-0.2, 0) is 19.4 Å². The third-order valence-electron chi connectivity index (χ3n) is 3.09. The van der Waals surface area contributed by atoms with E-state index < -0.39 is 17.4 Å². The molecule has 0 radical (unpaired) electrons. The van der Waals surface area contributed by atoms with E-state index >= 15 is 0 Å². The van der Waals surface area contributed by atoms with E-state index in [1.165, 1.54) is 0 Å². The molecule has 0 fully saturated rings. The van der Waals surface area contributed by atoms with Crippen molar-refractivity contribution in [2.45, 2.75) is 58.8 Å². The van der Waals surface area contributed by atoms with Crippen LogP contribution >= 0.6 is 0 Å². The lowest BCUT2D eigenvalue weighted by molar-refractivity contribution is -0.262. The van der Waals surface area contributed by atoms with Crippen molar-refractivity contribution in [3.63, 3.8) is 0 Å². The van der Waals surface area contributed by atoms with Gasteiger partial charge in [0.1, 0.15) is 5.41 Å². The van der Waals surface area contributed by atoms with E-state index in [2.05, 4.69) is 23.6 Å². The molecule has 18 heavy (non-hydrogen) atoms. The van der Waals surface area contributed by atoms with Crippen molar-refractivity contribution < 1.29 is 19.4 Å². The quantitative estimate of drug-likeness (QED) is 0.288. The second-order valence-electron chi connectivity index (χ2n) is 4.76. The summed E-state index contributed by atoms with van der Waals surface area (Å²) in [5.74, 6) is -0.942. The van der Waals surface area contributed by atoms with Crippen LogP contribution in [-0.4, -0.2) is 11.9 Å². The van der Waals surface area contributed by atoms with Gasteiger partial charge in [-0.2, -0.15) is 0 Å². The zero-order chi connectivity index (χ0) is 13.4. The second kappa shape index (κ2) is 7.19. The fraction of sp³-hybridized carbons (Fsp3) is 0.714. The molecule has 1 aliphatic carbocycles. The summed E-state index contributed by atoms with van der Waals surface area (Å²) < 4.78 is 0. The lowest BCUT2D eigenvalue weighted by Gasteiger charge is -2.12. The number of carbonyl (C=O) groups excluding carboxylic acids is 2. The molecule has 0 saturated heterocycles. The van der Waals surface area contributed by atoms with Crippen LogP contribution in [0.2, 0.25) is 0 Å². The summed E-state index contributed by atoms with van der Waals surface area (Å²) in [6.07, 6.45) is 9.40. The van der Waals surface area contributed by atoms with Gasteiger partial charge < -0.3 is 0 Å². The van der Waals surface area contributed by atoms with E-state index in [0.29, 0.717) is 6.42 Å². The molecule has 0 aromatic rings. The average molecular weight is 254 g/mol. The molecule has 4 nitrogen and oxygen atoms in total. The summed E-state index contributed by atoms with van der Waals surface area (Å²) in [6.45, 7) is 4.12. The van der Waals surface area contributed by atoms with E-state index in [4.69, 9.17) is 0 Å². The zero-order valence-corrected chi connectivity index (χ0v) is 11.2. The molecule has 0 aromatic heterocycles. The van der Waals surface area contributed by atoms with Crippen LogP contribution < -0.4 is 0 Å². The predicted octanol–water partition coefficient (Wildman–Crippen LogP) is 3.31. The summed E-state index contributed by atoms with van der Waals surface area (Å²) in [6, 6.07) is 0. The van der Waals surface area contributed by atoms with E-state index in [1.807, 2.05) is 0 Å². The smallest absolute Gasteiger partial charge is 0.247 e. The highest BCUT2D eigenvalue weighted by Crippen LogP contribution is 2.41. The Morgan fingerprint density at radius 3 is 2.22 bits per heavy atom. The molecule has 0 aliphatic heterocycles. The van der Waals surface area contributed by atoms with E-state index in [1.54, 1.807) is 12.2 Å². The van der Waals surface area contributed by atoms with Crippen molar-refractivity contribution in [3.05, 3.63) is 12.2 Å². The Labute approximate surface area is 108 Å². The standard InChI is InChI=1S/C14H22O4/c1-3-5-7-8-12(15)17-18-13(16)14(10-11-14)9-6-4-2/h10-11H,3-9H2,1-2H3. The van der Waals surface area contributed by atoms with E-state index in [9.17, 15) is 9.59 Å². The largest absolute Gasteiger partial charge is 0.369 e. The van der Waals surface area contributed by atoms with Gasteiger partial charge in [0.2, 0.25) is 0 Å². The lowest BCUT2D eigenvalue weighted by Crippen LogP contribution is -2.22. The summed E-state index contributed by atoms with van der Waals surface area (Å²) in [5.41, 5.74) is -0.598. The van der Waals surface area contributed by atoms with Crippen molar-refractivity contribution in [1.82, 2.24) is 0 Å². The molecular formula is C14H22O4. The van der Waals surface area contributed by atoms with Crippen molar-refractivity contribution >= 4 is 11.9 Å². The fourth-order valence-corrected chi connectivity index (χ4v) is 1.70. The molecule has 0 heterocycles. The average Bonchev–Trinajstić information content (AvgIpc) is 3.15. The van der Waals surface area contributed by atoms with Crippen LogP contribution in [0.15, 0.2) is 12.2 Å². The highest BCUT2D eigenvalue weighted by Gasteiger charge is 2.44. The Balaban J connectivity index is 2.18. The van der Waals surface area contributed by atoms with Gasteiger partial charge in [-0.25, -0.2) is 19.4 Å². The topological polar surface area (TPSA) is 52.6 Å². The number of hydrogen-bond donors (Lipinski definition) is 0. The third-order valence-corrected chi connectivity index (χ3v) is 3.09. The molecule has 0 bridgehead atoms. The van der Waals surface area contributed by atoms with Crippen molar-refractivity contribution in [2.75, 3.05) is 0 Å². The molecule has 1 aliphatic rings. The third kappa shape index (κ3) is 4.51. The molecule has 4 heteroatoms. The van der Waals surface area contributed by atoms with E-state index in [-0.39, 0.29) is 0 Å². The molecule has 0 amide bonds. The maximum atomic E-state index is 11.7. The van der Waals surface area contributed by atoms with Crippen LogP contribution in [0.3, 0.4) is 0 Å². The first-order valence-electron chi connectivity index (χ1n) is 6.77. The molecule has 0 aromatic carbocycles. The summed E-state index contributed by atoms with van der Waals surface area (Å²) in [5, 5.41) is 0. The minimum atomic E-state index is -0.598. The lowest BCUT2D eigenvalue weighted by atomic mass is 9.97. The van der Waals surface area contributed by atoms with Gasteiger partial charge in [-0.05, 0) is 12.8 Å².